The fourth-order valence-corrected chi connectivity index (χ4v) is 4.34. The van der Waals surface area contributed by atoms with E-state index in [9.17, 15) is 4.79 Å². The molecule has 2 heterocycles. The summed E-state index contributed by atoms with van der Waals surface area (Å²) in [4.78, 5) is 21.8. The molecule has 2 amide bonds. The standard InChI is InChI=1S/C24H25N5O3S/c1-26-13-17(12-25)21-4-2-3-5-22(21)31-15-20-10-19(29-32-20)14-27-24(30)28-18-7-6-16-8-9-33-23(16)11-18/h2-9,11-13,17,20,25H,10,14-15H2,1H3,(H2,27,28,30). The zero-order chi connectivity index (χ0) is 23.0. The van der Waals surface area contributed by atoms with Gasteiger partial charge in [0.2, 0.25) is 0 Å². The first-order valence-corrected chi connectivity index (χ1v) is 11.4. The molecule has 170 valence electrons. The van der Waals surface area contributed by atoms with Crippen LogP contribution >= 0.6 is 11.3 Å². The van der Waals surface area contributed by atoms with Crippen LogP contribution in [0.25, 0.3) is 10.1 Å². The van der Waals surface area contributed by atoms with Gasteiger partial charge in [-0.05, 0) is 35.0 Å². The maximum Gasteiger partial charge on any atom is 0.319 e. The number of nitrogens with zero attached hydrogens (tertiary/aromatic N) is 2. The number of anilines is 1. The number of nitrogens with one attached hydrogen (secondary N) is 3. The van der Waals surface area contributed by atoms with Gasteiger partial charge in [-0.2, -0.15) is 0 Å². The molecule has 33 heavy (non-hydrogen) atoms. The average Bonchev–Trinajstić information content (AvgIpc) is 3.49. The number of carbonyl (C=O) groups excluding carboxylic acids is 1. The molecular formula is C24H25N5O3S. The number of ether oxygens (including phenoxy) is 1. The topological polar surface area (TPSA) is 108 Å². The molecule has 2 aromatic carbocycles. The Kier molecular flexibility index (Phi) is 7.31. The van der Waals surface area contributed by atoms with Crippen LogP contribution in [0.1, 0.15) is 17.9 Å². The van der Waals surface area contributed by atoms with Gasteiger partial charge in [-0.3, -0.25) is 4.99 Å². The Balaban J connectivity index is 1.24. The summed E-state index contributed by atoms with van der Waals surface area (Å²) in [6, 6.07) is 15.2. The molecule has 3 aromatic rings. The SMILES string of the molecule is CN=CC(C=N)c1ccccc1OCC1CC(CNC(=O)Nc2ccc3ccsc3c2)=NO1. The fourth-order valence-electron chi connectivity index (χ4n) is 3.51. The molecule has 2 unspecified atom stereocenters. The Hall–Kier alpha value is -3.72. The van der Waals surface area contributed by atoms with E-state index in [0.717, 1.165) is 27.0 Å². The van der Waals surface area contributed by atoms with Crippen LogP contribution in [0.5, 0.6) is 5.75 Å². The molecule has 8 nitrogen and oxygen atoms in total. The quantitative estimate of drug-likeness (QED) is 0.401. The van der Waals surface area contributed by atoms with E-state index in [1.807, 2.05) is 53.9 Å². The minimum absolute atomic E-state index is 0.238. The van der Waals surface area contributed by atoms with Gasteiger partial charge in [-0.25, -0.2) is 4.79 Å². The van der Waals surface area contributed by atoms with E-state index in [2.05, 4.69) is 20.8 Å². The number of para-hydroxylation sites is 1. The number of amides is 2. The molecule has 0 bridgehead atoms. The Bertz CT molecular complexity index is 1190. The largest absolute Gasteiger partial charge is 0.489 e. The highest BCUT2D eigenvalue weighted by atomic mass is 32.1. The Morgan fingerprint density at radius 3 is 3.09 bits per heavy atom. The molecule has 1 aromatic heterocycles. The number of carbonyl (C=O) groups is 1. The lowest BCUT2D eigenvalue weighted by atomic mass is 10.0. The van der Waals surface area contributed by atoms with Gasteiger partial charge in [0.25, 0.3) is 0 Å². The van der Waals surface area contributed by atoms with Crippen LogP contribution in [0.4, 0.5) is 10.5 Å². The second kappa shape index (κ2) is 10.7. The lowest BCUT2D eigenvalue weighted by Crippen LogP contribution is -2.33. The van der Waals surface area contributed by atoms with Crippen molar-refractivity contribution in [3.8, 4) is 5.75 Å². The molecule has 9 heteroatoms. The monoisotopic (exact) mass is 463 g/mol. The van der Waals surface area contributed by atoms with E-state index in [0.29, 0.717) is 25.3 Å². The van der Waals surface area contributed by atoms with Crippen molar-refractivity contribution in [3.05, 3.63) is 59.5 Å². The van der Waals surface area contributed by atoms with Crippen molar-refractivity contribution in [2.75, 3.05) is 25.5 Å². The maximum atomic E-state index is 12.3. The molecular weight excluding hydrogens is 438 g/mol. The van der Waals surface area contributed by atoms with E-state index in [1.54, 1.807) is 24.6 Å². The maximum absolute atomic E-state index is 12.3. The summed E-state index contributed by atoms with van der Waals surface area (Å²) < 4.78 is 7.09. The molecule has 1 aliphatic rings. The van der Waals surface area contributed by atoms with Crippen LogP contribution in [0.3, 0.4) is 0 Å². The molecule has 0 radical (unpaired) electrons. The summed E-state index contributed by atoms with van der Waals surface area (Å²) in [5.74, 6) is 0.439. The molecule has 0 fully saturated rings. The highest BCUT2D eigenvalue weighted by Crippen LogP contribution is 2.26. The van der Waals surface area contributed by atoms with E-state index >= 15 is 0 Å². The van der Waals surface area contributed by atoms with Gasteiger partial charge >= 0.3 is 6.03 Å². The van der Waals surface area contributed by atoms with Crippen molar-refractivity contribution in [1.29, 1.82) is 5.41 Å². The van der Waals surface area contributed by atoms with Gasteiger partial charge in [0.1, 0.15) is 12.4 Å². The fraction of sp³-hybridized carbons (Fsp3) is 0.250. The van der Waals surface area contributed by atoms with E-state index < -0.39 is 0 Å². The number of hydrogen-bond donors (Lipinski definition) is 3. The highest BCUT2D eigenvalue weighted by Gasteiger charge is 2.23. The van der Waals surface area contributed by atoms with E-state index in [4.69, 9.17) is 15.0 Å². The number of thiophene rings is 1. The van der Waals surface area contributed by atoms with Crippen LogP contribution in [-0.2, 0) is 4.84 Å². The lowest BCUT2D eigenvalue weighted by molar-refractivity contribution is 0.0468. The van der Waals surface area contributed by atoms with E-state index in [-0.39, 0.29) is 18.1 Å². The number of benzene rings is 2. The van der Waals surface area contributed by atoms with Crippen molar-refractivity contribution < 1.29 is 14.4 Å². The Morgan fingerprint density at radius 1 is 1.36 bits per heavy atom. The average molecular weight is 464 g/mol. The van der Waals surface area contributed by atoms with Crippen LogP contribution in [-0.4, -0.2) is 50.5 Å². The summed E-state index contributed by atoms with van der Waals surface area (Å²) in [6.45, 7) is 0.605. The van der Waals surface area contributed by atoms with Crippen molar-refractivity contribution >= 4 is 51.3 Å². The van der Waals surface area contributed by atoms with Crippen LogP contribution in [0.2, 0.25) is 0 Å². The predicted molar refractivity (Wildman–Crippen MR) is 134 cm³/mol. The van der Waals surface area contributed by atoms with Gasteiger partial charge in [-0.1, -0.05) is 29.4 Å². The predicted octanol–water partition coefficient (Wildman–Crippen LogP) is 4.68. The number of aliphatic imine (C=N–C) groups is 1. The van der Waals surface area contributed by atoms with Crippen LogP contribution in [0.15, 0.2) is 64.1 Å². The highest BCUT2D eigenvalue weighted by molar-refractivity contribution is 7.17. The molecule has 4 rings (SSSR count). The normalized spacial score (nSPS) is 16.3. The Labute approximate surface area is 195 Å². The van der Waals surface area contributed by atoms with Crippen molar-refractivity contribution in [1.82, 2.24) is 5.32 Å². The number of hydrogen-bond acceptors (Lipinski definition) is 7. The first-order chi connectivity index (χ1) is 16.2. The zero-order valence-electron chi connectivity index (χ0n) is 18.2. The number of rotatable bonds is 9. The summed E-state index contributed by atoms with van der Waals surface area (Å²) in [6.07, 6.45) is 3.36. The minimum Gasteiger partial charge on any atom is -0.489 e. The van der Waals surface area contributed by atoms with Gasteiger partial charge in [0.15, 0.2) is 6.10 Å². The van der Waals surface area contributed by atoms with Gasteiger partial charge in [0, 0.05) is 41.8 Å². The molecule has 3 N–H and O–H groups in total. The first-order valence-electron chi connectivity index (χ1n) is 10.5. The van der Waals surface area contributed by atoms with E-state index in [1.165, 1.54) is 6.21 Å². The third-order valence-corrected chi connectivity index (χ3v) is 6.03. The van der Waals surface area contributed by atoms with Gasteiger partial charge < -0.3 is 25.6 Å². The lowest BCUT2D eigenvalue weighted by Gasteiger charge is -2.16. The molecule has 2 atom stereocenters. The third-order valence-electron chi connectivity index (χ3n) is 5.15. The molecule has 0 spiro atoms. The number of urea groups is 1. The molecule has 0 aliphatic carbocycles. The minimum atomic E-state index is -0.294. The summed E-state index contributed by atoms with van der Waals surface area (Å²) in [7, 11) is 1.68. The number of fused-ring (bicyclic) bond motifs is 1. The van der Waals surface area contributed by atoms with Crippen molar-refractivity contribution in [3.63, 3.8) is 0 Å². The zero-order valence-corrected chi connectivity index (χ0v) is 19.0. The third kappa shape index (κ3) is 5.75. The molecule has 0 saturated heterocycles. The van der Waals surface area contributed by atoms with Crippen molar-refractivity contribution in [2.24, 2.45) is 10.1 Å². The van der Waals surface area contributed by atoms with Crippen LogP contribution in [0, 0.1) is 5.41 Å². The summed E-state index contributed by atoms with van der Waals surface area (Å²) in [5.41, 5.74) is 2.36. The first kappa shape index (κ1) is 22.5. The number of oxime groups is 1. The smallest absolute Gasteiger partial charge is 0.319 e. The Morgan fingerprint density at radius 2 is 2.24 bits per heavy atom. The second-order valence-corrected chi connectivity index (χ2v) is 8.47. The second-order valence-electron chi connectivity index (χ2n) is 7.52. The summed E-state index contributed by atoms with van der Waals surface area (Å²) >= 11 is 1.63. The molecule has 1 aliphatic heterocycles. The van der Waals surface area contributed by atoms with Crippen molar-refractivity contribution in [2.45, 2.75) is 18.4 Å². The van der Waals surface area contributed by atoms with Gasteiger partial charge in [-0.15, -0.1) is 11.3 Å². The van der Waals surface area contributed by atoms with Crippen LogP contribution < -0.4 is 15.4 Å². The summed E-state index contributed by atoms with van der Waals surface area (Å²) in [5, 5.41) is 20.6. The van der Waals surface area contributed by atoms with Gasteiger partial charge in [0.05, 0.1) is 18.2 Å². The molecule has 0 saturated carbocycles.